The van der Waals surface area contributed by atoms with Crippen LogP contribution in [0.15, 0.2) is 77.4 Å². The zero-order valence-corrected chi connectivity index (χ0v) is 17.4. The first kappa shape index (κ1) is 22.1. The van der Waals surface area contributed by atoms with E-state index in [0.29, 0.717) is 22.4 Å². The number of nitrogens with one attached hydrogen (secondary N) is 1. The summed E-state index contributed by atoms with van der Waals surface area (Å²) in [5, 5.41) is 2.82. The number of furan rings is 1. The molecule has 0 bridgehead atoms. The van der Waals surface area contributed by atoms with E-state index in [0.717, 1.165) is 17.0 Å². The predicted octanol–water partition coefficient (Wildman–Crippen LogP) is 5.22. The van der Waals surface area contributed by atoms with Gasteiger partial charge in [0.2, 0.25) is 5.91 Å². The van der Waals surface area contributed by atoms with Gasteiger partial charge in [0.15, 0.2) is 5.76 Å². The van der Waals surface area contributed by atoms with Crippen molar-refractivity contribution in [3.8, 4) is 11.5 Å². The summed E-state index contributed by atoms with van der Waals surface area (Å²) in [7, 11) is 1.40. The lowest BCUT2D eigenvalue weighted by molar-refractivity contribution is -0.137. The van der Waals surface area contributed by atoms with Gasteiger partial charge in [-0.25, -0.2) is 4.98 Å². The Balaban J connectivity index is 1.58. The summed E-state index contributed by atoms with van der Waals surface area (Å²) in [6.45, 7) is -0.447. The number of alkyl halides is 3. The zero-order valence-electron chi connectivity index (χ0n) is 17.4. The molecule has 0 saturated carbocycles. The van der Waals surface area contributed by atoms with Crippen LogP contribution in [0.25, 0.3) is 22.4 Å². The summed E-state index contributed by atoms with van der Waals surface area (Å²) in [4.78, 5) is 31.3. The van der Waals surface area contributed by atoms with Crippen LogP contribution in [0.1, 0.15) is 15.9 Å². The van der Waals surface area contributed by atoms with Gasteiger partial charge in [-0.2, -0.15) is 13.2 Å². The van der Waals surface area contributed by atoms with Gasteiger partial charge in [0, 0.05) is 12.4 Å². The maximum atomic E-state index is 13.2. The highest BCUT2D eigenvalue weighted by atomic mass is 19.4. The molecule has 0 aliphatic rings. The molecule has 2 heterocycles. The minimum absolute atomic E-state index is 0.290. The molecule has 0 saturated heterocycles. The largest absolute Gasteiger partial charge is 0.463 e. The summed E-state index contributed by atoms with van der Waals surface area (Å²) in [6.07, 6.45) is -3.13. The first-order valence-electron chi connectivity index (χ1n) is 9.89. The fourth-order valence-electron chi connectivity index (χ4n) is 3.42. The molecule has 0 radical (unpaired) electrons. The lowest BCUT2D eigenvalue weighted by atomic mass is 10.1. The molecule has 2 aromatic carbocycles. The lowest BCUT2D eigenvalue weighted by Crippen LogP contribution is -2.35. The van der Waals surface area contributed by atoms with Crippen LogP contribution in [0.3, 0.4) is 0 Å². The average Bonchev–Trinajstić information content (AvgIpc) is 3.32. The molecule has 4 aromatic rings. The number of carbonyl (C=O) groups is 2. The molecular formula is C24H18F3N3O3. The van der Waals surface area contributed by atoms with E-state index in [1.165, 1.54) is 25.4 Å². The molecule has 1 N–H and O–H groups in total. The second-order valence-electron chi connectivity index (χ2n) is 7.30. The molecule has 168 valence electrons. The van der Waals surface area contributed by atoms with E-state index in [-0.39, 0.29) is 11.3 Å². The van der Waals surface area contributed by atoms with Gasteiger partial charge < -0.3 is 14.6 Å². The predicted molar refractivity (Wildman–Crippen MR) is 116 cm³/mol. The molecule has 9 heteroatoms. The Hall–Kier alpha value is -4.14. The number of nitrogens with zero attached hydrogens (tertiary/aromatic N) is 2. The number of fused-ring (bicyclic) bond motifs is 1. The Bertz CT molecular complexity index is 1320. The van der Waals surface area contributed by atoms with Crippen molar-refractivity contribution in [2.45, 2.75) is 6.18 Å². The van der Waals surface area contributed by atoms with E-state index in [9.17, 15) is 22.8 Å². The fraction of sp³-hybridized carbons (Fsp3) is 0.125. The van der Waals surface area contributed by atoms with Crippen molar-refractivity contribution in [3.05, 3.63) is 84.1 Å². The number of aromatic nitrogens is 1. The second-order valence-corrected chi connectivity index (χ2v) is 7.30. The van der Waals surface area contributed by atoms with Crippen molar-refractivity contribution < 1.29 is 27.2 Å². The van der Waals surface area contributed by atoms with Crippen LogP contribution in [0.5, 0.6) is 0 Å². The van der Waals surface area contributed by atoms with Crippen molar-refractivity contribution in [3.63, 3.8) is 0 Å². The SMILES string of the molecule is CN(CC(=O)Nc1ccccc1C(F)(F)F)C(=O)c1cc(-c2ccco2)nc2ccccc12. The first-order valence-corrected chi connectivity index (χ1v) is 9.89. The van der Waals surface area contributed by atoms with Gasteiger partial charge in [0.25, 0.3) is 5.91 Å². The minimum atomic E-state index is -4.62. The van der Waals surface area contributed by atoms with Crippen LogP contribution in [0.4, 0.5) is 18.9 Å². The third kappa shape index (κ3) is 4.72. The molecule has 0 spiro atoms. The van der Waals surface area contributed by atoms with Gasteiger partial charge in [0.05, 0.1) is 35.1 Å². The quantitative estimate of drug-likeness (QED) is 0.449. The van der Waals surface area contributed by atoms with Crippen molar-refractivity contribution in [2.75, 3.05) is 18.9 Å². The van der Waals surface area contributed by atoms with Gasteiger partial charge in [-0.15, -0.1) is 0 Å². The van der Waals surface area contributed by atoms with E-state index in [1.54, 1.807) is 42.5 Å². The number of hydrogen-bond acceptors (Lipinski definition) is 4. The number of hydrogen-bond donors (Lipinski definition) is 1. The third-order valence-electron chi connectivity index (χ3n) is 4.95. The second kappa shape index (κ2) is 8.78. The van der Waals surface area contributed by atoms with Crippen molar-refractivity contribution in [1.82, 2.24) is 9.88 Å². The highest BCUT2D eigenvalue weighted by Gasteiger charge is 2.33. The number of pyridine rings is 1. The summed E-state index contributed by atoms with van der Waals surface area (Å²) in [6, 6.07) is 16.7. The van der Waals surface area contributed by atoms with Crippen molar-refractivity contribution >= 4 is 28.4 Å². The molecule has 0 aliphatic heterocycles. The number of anilines is 1. The highest BCUT2D eigenvalue weighted by Crippen LogP contribution is 2.34. The van der Waals surface area contributed by atoms with Gasteiger partial charge in [-0.05, 0) is 36.4 Å². The molecule has 2 amide bonds. The zero-order chi connectivity index (χ0) is 23.6. The van der Waals surface area contributed by atoms with E-state index < -0.39 is 30.1 Å². The van der Waals surface area contributed by atoms with E-state index in [2.05, 4.69) is 10.3 Å². The Morgan fingerprint density at radius 2 is 1.76 bits per heavy atom. The van der Waals surface area contributed by atoms with Crippen LogP contribution in [-0.4, -0.2) is 35.3 Å². The Labute approximate surface area is 186 Å². The number of halogens is 3. The average molecular weight is 453 g/mol. The Morgan fingerprint density at radius 1 is 1.03 bits per heavy atom. The summed E-state index contributed by atoms with van der Waals surface area (Å²) in [5.74, 6) is -0.771. The molecule has 0 fully saturated rings. The highest BCUT2D eigenvalue weighted by molar-refractivity contribution is 6.08. The number of para-hydroxylation sites is 2. The first-order chi connectivity index (χ1) is 15.7. The molecule has 2 aromatic heterocycles. The Kier molecular flexibility index (Phi) is 5.87. The number of likely N-dealkylation sites (N-methyl/N-ethyl adjacent to an activating group) is 1. The lowest BCUT2D eigenvalue weighted by Gasteiger charge is -2.19. The Morgan fingerprint density at radius 3 is 2.48 bits per heavy atom. The van der Waals surface area contributed by atoms with Crippen molar-refractivity contribution in [1.29, 1.82) is 0 Å². The van der Waals surface area contributed by atoms with Gasteiger partial charge in [0.1, 0.15) is 5.69 Å². The number of amides is 2. The van der Waals surface area contributed by atoms with Gasteiger partial charge in [-0.3, -0.25) is 9.59 Å². The monoisotopic (exact) mass is 453 g/mol. The summed E-state index contributed by atoms with van der Waals surface area (Å²) in [5.41, 5.74) is -0.0374. The fourth-order valence-corrected chi connectivity index (χ4v) is 3.42. The van der Waals surface area contributed by atoms with Crippen molar-refractivity contribution in [2.24, 2.45) is 0 Å². The van der Waals surface area contributed by atoms with Crippen LogP contribution >= 0.6 is 0 Å². The van der Waals surface area contributed by atoms with Crippen LogP contribution < -0.4 is 5.32 Å². The van der Waals surface area contributed by atoms with E-state index in [1.807, 2.05) is 0 Å². The number of rotatable bonds is 5. The van der Waals surface area contributed by atoms with Gasteiger partial charge >= 0.3 is 6.18 Å². The molecule has 0 unspecified atom stereocenters. The summed E-state index contributed by atoms with van der Waals surface area (Å²) < 4.78 is 44.9. The summed E-state index contributed by atoms with van der Waals surface area (Å²) >= 11 is 0. The van der Waals surface area contributed by atoms with E-state index in [4.69, 9.17) is 4.42 Å². The molecule has 0 atom stereocenters. The maximum Gasteiger partial charge on any atom is 0.418 e. The normalized spacial score (nSPS) is 11.4. The minimum Gasteiger partial charge on any atom is -0.463 e. The molecular weight excluding hydrogens is 435 g/mol. The van der Waals surface area contributed by atoms with Crippen LogP contribution in [-0.2, 0) is 11.0 Å². The van der Waals surface area contributed by atoms with Crippen LogP contribution in [0, 0.1) is 0 Å². The van der Waals surface area contributed by atoms with Gasteiger partial charge in [-0.1, -0.05) is 30.3 Å². The molecule has 6 nitrogen and oxygen atoms in total. The number of benzene rings is 2. The molecule has 0 aliphatic carbocycles. The maximum absolute atomic E-state index is 13.2. The van der Waals surface area contributed by atoms with Crippen LogP contribution in [0.2, 0.25) is 0 Å². The van der Waals surface area contributed by atoms with E-state index >= 15 is 0 Å². The molecule has 33 heavy (non-hydrogen) atoms. The number of carbonyl (C=O) groups excluding carboxylic acids is 2. The topological polar surface area (TPSA) is 75.4 Å². The smallest absolute Gasteiger partial charge is 0.418 e. The molecule has 4 rings (SSSR count). The third-order valence-corrected chi connectivity index (χ3v) is 4.95. The standard InChI is InChI=1S/C24H18F3N3O3/c1-30(14-22(31)29-19-10-5-3-8-17(19)24(25,26)27)23(32)16-13-20(21-11-6-12-33-21)28-18-9-4-2-7-15(16)18/h2-13H,14H2,1H3,(H,29,31).